The Labute approximate surface area is 138 Å². The topological polar surface area (TPSA) is 82.6 Å². The zero-order valence-corrected chi connectivity index (χ0v) is 13.5. The van der Waals surface area contributed by atoms with E-state index in [9.17, 15) is 9.59 Å². The van der Waals surface area contributed by atoms with Gasteiger partial charge in [0.2, 0.25) is 0 Å². The summed E-state index contributed by atoms with van der Waals surface area (Å²) >= 11 is 0. The van der Waals surface area contributed by atoms with Crippen LogP contribution in [0, 0.1) is 12.3 Å². The SMILES string of the molecule is C#C[C@]1(CC)O[C@@H](n2ccc(=O)[nH]c2=O)[C@@H]2OC3(CCCC3)O[C@@H]21. The molecule has 24 heavy (non-hydrogen) atoms. The van der Waals surface area contributed by atoms with Crippen molar-refractivity contribution in [2.75, 3.05) is 0 Å². The highest BCUT2D eigenvalue weighted by molar-refractivity contribution is 5.20. The summed E-state index contributed by atoms with van der Waals surface area (Å²) in [4.78, 5) is 25.8. The van der Waals surface area contributed by atoms with Gasteiger partial charge in [-0.3, -0.25) is 14.3 Å². The number of nitrogens with one attached hydrogen (secondary N) is 1. The summed E-state index contributed by atoms with van der Waals surface area (Å²) in [7, 11) is 0. The van der Waals surface area contributed by atoms with Crippen LogP contribution < -0.4 is 11.2 Å². The van der Waals surface area contributed by atoms with Crippen molar-refractivity contribution < 1.29 is 14.2 Å². The number of terminal acetylenes is 1. The van der Waals surface area contributed by atoms with E-state index in [4.69, 9.17) is 20.6 Å². The fraction of sp³-hybridized carbons (Fsp3) is 0.647. The molecule has 3 aliphatic rings. The number of fused-ring (bicyclic) bond motifs is 1. The Balaban J connectivity index is 1.77. The summed E-state index contributed by atoms with van der Waals surface area (Å²) in [5.74, 6) is 2.10. The molecular formula is C17H20N2O5. The van der Waals surface area contributed by atoms with E-state index in [1.54, 1.807) is 0 Å². The summed E-state index contributed by atoms with van der Waals surface area (Å²) in [6, 6.07) is 1.28. The van der Waals surface area contributed by atoms with E-state index in [0.29, 0.717) is 6.42 Å². The fourth-order valence-corrected chi connectivity index (χ4v) is 4.05. The number of H-pyrrole nitrogens is 1. The van der Waals surface area contributed by atoms with Gasteiger partial charge in [0.25, 0.3) is 5.56 Å². The minimum absolute atomic E-state index is 0.436. The number of hydrogen-bond donors (Lipinski definition) is 1. The number of aromatic amines is 1. The molecule has 0 bridgehead atoms. The lowest BCUT2D eigenvalue weighted by molar-refractivity contribution is -0.224. The molecule has 0 amide bonds. The van der Waals surface area contributed by atoms with Crippen LogP contribution in [0.3, 0.4) is 0 Å². The molecule has 0 radical (unpaired) electrons. The minimum atomic E-state index is -0.947. The quantitative estimate of drug-likeness (QED) is 0.814. The number of aromatic nitrogens is 2. The van der Waals surface area contributed by atoms with Crippen molar-refractivity contribution >= 4 is 0 Å². The van der Waals surface area contributed by atoms with Crippen LogP contribution in [0.15, 0.2) is 21.9 Å². The summed E-state index contributed by atoms with van der Waals surface area (Å²) in [5, 5.41) is 0. The molecule has 2 aliphatic heterocycles. The third kappa shape index (κ3) is 2.10. The molecule has 3 heterocycles. The number of hydrogen-bond acceptors (Lipinski definition) is 5. The largest absolute Gasteiger partial charge is 0.340 e. The van der Waals surface area contributed by atoms with E-state index in [1.807, 2.05) is 6.92 Å². The second-order valence-corrected chi connectivity index (χ2v) is 6.65. The van der Waals surface area contributed by atoms with Crippen LogP contribution in [0.5, 0.6) is 0 Å². The molecular weight excluding hydrogens is 312 g/mol. The highest BCUT2D eigenvalue weighted by atomic mass is 16.8. The van der Waals surface area contributed by atoms with E-state index < -0.39 is 41.1 Å². The van der Waals surface area contributed by atoms with Crippen LogP contribution in [-0.4, -0.2) is 33.1 Å². The number of nitrogens with zero attached hydrogens (tertiary/aromatic N) is 1. The van der Waals surface area contributed by atoms with Gasteiger partial charge in [-0.25, -0.2) is 4.79 Å². The van der Waals surface area contributed by atoms with Crippen molar-refractivity contribution in [2.45, 2.75) is 68.9 Å². The van der Waals surface area contributed by atoms with Crippen LogP contribution in [0.1, 0.15) is 45.3 Å². The van der Waals surface area contributed by atoms with E-state index in [2.05, 4.69) is 10.9 Å². The van der Waals surface area contributed by atoms with Crippen molar-refractivity contribution in [2.24, 2.45) is 0 Å². The third-order valence-corrected chi connectivity index (χ3v) is 5.32. The maximum atomic E-state index is 12.2. The molecule has 2 saturated heterocycles. The average Bonchev–Trinajstić information content (AvgIpc) is 3.24. The maximum Gasteiger partial charge on any atom is 0.330 e. The zero-order valence-electron chi connectivity index (χ0n) is 13.5. The van der Waals surface area contributed by atoms with Gasteiger partial charge in [-0.15, -0.1) is 6.42 Å². The highest BCUT2D eigenvalue weighted by Crippen LogP contribution is 2.53. The summed E-state index contributed by atoms with van der Waals surface area (Å²) in [6.07, 6.45) is 9.79. The first-order valence-electron chi connectivity index (χ1n) is 8.35. The van der Waals surface area contributed by atoms with Crippen molar-refractivity contribution in [1.82, 2.24) is 9.55 Å². The zero-order chi connectivity index (χ0) is 16.9. The maximum absolute atomic E-state index is 12.2. The van der Waals surface area contributed by atoms with E-state index in [0.717, 1.165) is 25.7 Å². The second kappa shape index (κ2) is 5.31. The van der Waals surface area contributed by atoms with Crippen LogP contribution in [-0.2, 0) is 14.2 Å². The standard InChI is InChI=1S/C17H20N2O5/c1-3-16(4-2)13-12(22-17(23-13)8-5-6-9-17)14(24-16)19-10-7-11(20)18-15(19)21/h1,7,10,12-14H,4-6,8-9H2,2H3,(H,18,20,21)/t12-,13+,14-,16-/m1/s1. The van der Waals surface area contributed by atoms with Gasteiger partial charge in [-0.05, 0) is 19.3 Å². The van der Waals surface area contributed by atoms with Gasteiger partial charge in [0, 0.05) is 25.1 Å². The van der Waals surface area contributed by atoms with Crippen LogP contribution in [0.4, 0.5) is 0 Å². The molecule has 7 heteroatoms. The molecule has 4 rings (SSSR count). The molecule has 1 spiro atoms. The van der Waals surface area contributed by atoms with Crippen LogP contribution >= 0.6 is 0 Å². The van der Waals surface area contributed by atoms with Crippen molar-refractivity contribution in [3.8, 4) is 12.3 Å². The molecule has 3 fully saturated rings. The minimum Gasteiger partial charge on any atom is -0.340 e. The Morgan fingerprint density at radius 2 is 2.08 bits per heavy atom. The van der Waals surface area contributed by atoms with Crippen LogP contribution in [0.2, 0.25) is 0 Å². The molecule has 0 unspecified atom stereocenters. The molecule has 1 aromatic heterocycles. The molecule has 1 N–H and O–H groups in total. The average molecular weight is 332 g/mol. The fourth-order valence-electron chi connectivity index (χ4n) is 4.05. The first-order valence-corrected chi connectivity index (χ1v) is 8.35. The van der Waals surface area contributed by atoms with Gasteiger partial charge in [-0.1, -0.05) is 12.8 Å². The molecule has 7 nitrogen and oxygen atoms in total. The van der Waals surface area contributed by atoms with Gasteiger partial charge < -0.3 is 14.2 Å². The van der Waals surface area contributed by atoms with E-state index in [-0.39, 0.29) is 0 Å². The normalized spacial score (nSPS) is 36.8. The summed E-state index contributed by atoms with van der Waals surface area (Å²) in [5.41, 5.74) is -1.96. The smallest absolute Gasteiger partial charge is 0.330 e. The van der Waals surface area contributed by atoms with Crippen molar-refractivity contribution in [3.63, 3.8) is 0 Å². The Hall–Kier alpha value is -1.88. The van der Waals surface area contributed by atoms with E-state index in [1.165, 1.54) is 16.8 Å². The van der Waals surface area contributed by atoms with E-state index >= 15 is 0 Å². The van der Waals surface area contributed by atoms with Crippen molar-refractivity contribution in [3.05, 3.63) is 33.1 Å². The Bertz CT molecular complexity index is 800. The third-order valence-electron chi connectivity index (χ3n) is 5.32. The predicted octanol–water partition coefficient (Wildman–Crippen LogP) is 0.902. The Morgan fingerprint density at radius 1 is 1.33 bits per heavy atom. The lowest BCUT2D eigenvalue weighted by atomic mass is 9.93. The van der Waals surface area contributed by atoms with Crippen LogP contribution in [0.25, 0.3) is 0 Å². The highest BCUT2D eigenvalue weighted by Gasteiger charge is 2.64. The summed E-state index contributed by atoms with van der Waals surface area (Å²) in [6.45, 7) is 1.93. The first-order chi connectivity index (χ1) is 11.5. The first kappa shape index (κ1) is 15.6. The molecule has 4 atom stereocenters. The number of ether oxygens (including phenoxy) is 3. The monoisotopic (exact) mass is 332 g/mol. The molecule has 0 aromatic carbocycles. The van der Waals surface area contributed by atoms with Gasteiger partial charge in [0.15, 0.2) is 17.6 Å². The Kier molecular flexibility index (Phi) is 3.46. The second-order valence-electron chi connectivity index (χ2n) is 6.65. The number of rotatable bonds is 2. The predicted molar refractivity (Wildman–Crippen MR) is 84.2 cm³/mol. The molecule has 1 aromatic rings. The molecule has 1 aliphatic carbocycles. The molecule has 128 valence electrons. The Morgan fingerprint density at radius 3 is 2.71 bits per heavy atom. The van der Waals surface area contributed by atoms with Gasteiger partial charge in [0.05, 0.1) is 0 Å². The lowest BCUT2D eigenvalue weighted by Gasteiger charge is -2.31. The lowest BCUT2D eigenvalue weighted by Crippen LogP contribution is -2.42. The van der Waals surface area contributed by atoms with Gasteiger partial charge in [-0.2, -0.15) is 0 Å². The summed E-state index contributed by atoms with van der Waals surface area (Å²) < 4.78 is 19.9. The van der Waals surface area contributed by atoms with Crippen molar-refractivity contribution in [1.29, 1.82) is 0 Å². The van der Waals surface area contributed by atoms with Gasteiger partial charge >= 0.3 is 5.69 Å². The molecule has 1 saturated carbocycles. The van der Waals surface area contributed by atoms with Gasteiger partial charge in [0.1, 0.15) is 12.2 Å².